The highest BCUT2D eigenvalue weighted by molar-refractivity contribution is 9.10. The molecule has 0 aliphatic carbocycles. The van der Waals surface area contributed by atoms with E-state index in [-0.39, 0.29) is 0 Å². The highest BCUT2D eigenvalue weighted by atomic mass is 79.9. The Balaban J connectivity index is 1.96. The molecule has 0 bridgehead atoms. The van der Waals surface area contributed by atoms with Crippen molar-refractivity contribution in [2.45, 2.75) is 12.8 Å². The number of rotatable bonds is 2. The van der Waals surface area contributed by atoms with Crippen molar-refractivity contribution in [1.29, 1.82) is 0 Å². The smallest absolute Gasteiger partial charge is 0.171 e. The van der Waals surface area contributed by atoms with Gasteiger partial charge in [0.2, 0.25) is 0 Å². The van der Waals surface area contributed by atoms with Crippen molar-refractivity contribution in [3.63, 3.8) is 0 Å². The van der Waals surface area contributed by atoms with Crippen LogP contribution in [-0.4, -0.2) is 27.8 Å². The Morgan fingerprint density at radius 1 is 1.59 bits per heavy atom. The zero-order valence-electron chi connectivity index (χ0n) is 9.07. The Morgan fingerprint density at radius 2 is 2.47 bits per heavy atom. The van der Waals surface area contributed by atoms with Crippen LogP contribution >= 0.6 is 27.5 Å². The summed E-state index contributed by atoms with van der Waals surface area (Å²) in [6.07, 6.45) is 3.72. The van der Waals surface area contributed by atoms with E-state index < -0.39 is 0 Å². The van der Waals surface area contributed by atoms with Crippen molar-refractivity contribution in [2.75, 3.05) is 13.2 Å². The normalized spacial score (nSPS) is 20.2. The van der Waals surface area contributed by atoms with E-state index in [0.29, 0.717) is 11.1 Å². The molecule has 1 fully saturated rings. The summed E-state index contributed by atoms with van der Waals surface area (Å²) in [5.41, 5.74) is 1.77. The molecule has 1 saturated heterocycles. The van der Waals surface area contributed by atoms with Crippen molar-refractivity contribution >= 4 is 33.2 Å². The SMILES string of the molecule is Clc1cc(CC2CCOC2)nc2c(Br)cnn12. The van der Waals surface area contributed by atoms with Gasteiger partial charge in [0.15, 0.2) is 5.65 Å². The third-order valence-corrected chi connectivity index (χ3v) is 3.79. The highest BCUT2D eigenvalue weighted by Crippen LogP contribution is 2.23. The summed E-state index contributed by atoms with van der Waals surface area (Å²) in [6, 6.07) is 1.88. The van der Waals surface area contributed by atoms with Gasteiger partial charge >= 0.3 is 0 Å². The van der Waals surface area contributed by atoms with E-state index in [9.17, 15) is 0 Å². The summed E-state index contributed by atoms with van der Waals surface area (Å²) >= 11 is 9.59. The van der Waals surface area contributed by atoms with Crippen LogP contribution in [0.2, 0.25) is 5.15 Å². The van der Waals surface area contributed by atoms with Gasteiger partial charge in [-0.15, -0.1) is 0 Å². The van der Waals surface area contributed by atoms with Gasteiger partial charge in [-0.05, 0) is 40.8 Å². The second-order valence-corrected chi connectivity index (χ2v) is 5.47. The molecule has 4 nitrogen and oxygen atoms in total. The molecule has 3 rings (SSSR count). The molecule has 6 heteroatoms. The number of fused-ring (bicyclic) bond motifs is 1. The van der Waals surface area contributed by atoms with Crippen LogP contribution in [0.15, 0.2) is 16.7 Å². The maximum atomic E-state index is 6.17. The summed E-state index contributed by atoms with van der Waals surface area (Å²) in [7, 11) is 0. The van der Waals surface area contributed by atoms with Crippen LogP contribution in [0.4, 0.5) is 0 Å². The van der Waals surface area contributed by atoms with E-state index in [1.807, 2.05) is 6.07 Å². The highest BCUT2D eigenvalue weighted by Gasteiger charge is 2.18. The van der Waals surface area contributed by atoms with Crippen LogP contribution in [-0.2, 0) is 11.2 Å². The topological polar surface area (TPSA) is 39.4 Å². The lowest BCUT2D eigenvalue weighted by Crippen LogP contribution is -2.06. The van der Waals surface area contributed by atoms with Crippen LogP contribution < -0.4 is 0 Å². The summed E-state index contributed by atoms with van der Waals surface area (Å²) in [6.45, 7) is 1.68. The summed E-state index contributed by atoms with van der Waals surface area (Å²) < 4.78 is 7.86. The Bertz CT molecular complexity index is 551. The molecule has 0 amide bonds. The van der Waals surface area contributed by atoms with E-state index >= 15 is 0 Å². The first-order valence-corrected chi connectivity index (χ1v) is 6.67. The zero-order chi connectivity index (χ0) is 11.8. The minimum Gasteiger partial charge on any atom is -0.381 e. The van der Waals surface area contributed by atoms with E-state index in [1.54, 1.807) is 10.7 Å². The molecule has 17 heavy (non-hydrogen) atoms. The fourth-order valence-electron chi connectivity index (χ4n) is 2.09. The summed E-state index contributed by atoms with van der Waals surface area (Å²) in [5, 5.41) is 4.73. The fourth-order valence-corrected chi connectivity index (χ4v) is 2.69. The van der Waals surface area contributed by atoms with Gasteiger partial charge in [0.1, 0.15) is 5.15 Å². The molecule has 1 unspecified atom stereocenters. The van der Waals surface area contributed by atoms with Gasteiger partial charge in [-0.1, -0.05) is 11.6 Å². The summed E-state index contributed by atoms with van der Waals surface area (Å²) in [4.78, 5) is 4.57. The van der Waals surface area contributed by atoms with Crippen LogP contribution in [0.5, 0.6) is 0 Å². The van der Waals surface area contributed by atoms with Crippen LogP contribution in [0.25, 0.3) is 5.65 Å². The van der Waals surface area contributed by atoms with Gasteiger partial charge in [-0.25, -0.2) is 9.50 Å². The Labute approximate surface area is 112 Å². The van der Waals surface area contributed by atoms with Gasteiger partial charge in [0, 0.05) is 18.9 Å². The minimum atomic E-state index is 0.558. The van der Waals surface area contributed by atoms with E-state index in [4.69, 9.17) is 16.3 Å². The molecular weight excluding hydrogens is 305 g/mol. The minimum absolute atomic E-state index is 0.558. The third kappa shape index (κ3) is 2.19. The first kappa shape index (κ1) is 11.4. The molecule has 3 heterocycles. The second-order valence-electron chi connectivity index (χ2n) is 4.23. The quantitative estimate of drug-likeness (QED) is 0.800. The van der Waals surface area contributed by atoms with Crippen molar-refractivity contribution in [3.05, 3.63) is 27.6 Å². The fraction of sp³-hybridized carbons (Fsp3) is 0.455. The zero-order valence-corrected chi connectivity index (χ0v) is 11.4. The Hall–Kier alpha value is -0.650. The van der Waals surface area contributed by atoms with Crippen molar-refractivity contribution in [1.82, 2.24) is 14.6 Å². The molecular formula is C11H11BrClN3O. The van der Waals surface area contributed by atoms with E-state index in [2.05, 4.69) is 26.0 Å². The molecule has 0 saturated carbocycles. The van der Waals surface area contributed by atoms with Gasteiger partial charge < -0.3 is 4.74 Å². The molecule has 2 aromatic heterocycles. The molecule has 0 spiro atoms. The molecule has 0 radical (unpaired) electrons. The lowest BCUT2D eigenvalue weighted by Gasteiger charge is -2.07. The first-order valence-electron chi connectivity index (χ1n) is 5.50. The van der Waals surface area contributed by atoms with Gasteiger partial charge in [-0.2, -0.15) is 5.10 Å². The average Bonchev–Trinajstić information content (AvgIpc) is 2.90. The maximum Gasteiger partial charge on any atom is 0.171 e. The number of nitrogens with zero attached hydrogens (tertiary/aromatic N) is 3. The molecule has 1 aliphatic heterocycles. The van der Waals surface area contributed by atoms with Crippen molar-refractivity contribution in [3.8, 4) is 0 Å². The monoisotopic (exact) mass is 315 g/mol. The maximum absolute atomic E-state index is 6.17. The Kier molecular flexibility index (Phi) is 3.06. The van der Waals surface area contributed by atoms with Gasteiger partial charge in [0.05, 0.1) is 10.7 Å². The number of halogens is 2. The van der Waals surface area contributed by atoms with Crippen LogP contribution in [0.1, 0.15) is 12.1 Å². The van der Waals surface area contributed by atoms with Crippen LogP contribution in [0.3, 0.4) is 0 Å². The van der Waals surface area contributed by atoms with Gasteiger partial charge in [0.25, 0.3) is 0 Å². The predicted molar refractivity (Wildman–Crippen MR) is 68.3 cm³/mol. The number of hydrogen-bond acceptors (Lipinski definition) is 3. The molecule has 2 aromatic rings. The number of hydrogen-bond donors (Lipinski definition) is 0. The molecule has 0 aromatic carbocycles. The lowest BCUT2D eigenvalue weighted by atomic mass is 10.0. The molecule has 1 atom stereocenters. The molecule has 90 valence electrons. The Morgan fingerprint density at radius 3 is 3.24 bits per heavy atom. The van der Waals surface area contributed by atoms with E-state index in [0.717, 1.165) is 41.9 Å². The standard InChI is InChI=1S/C11H11BrClN3O/c12-9-5-14-16-10(13)4-8(15-11(9)16)3-7-1-2-17-6-7/h4-5,7H,1-3,6H2. The van der Waals surface area contributed by atoms with Gasteiger partial charge in [-0.3, -0.25) is 0 Å². The number of aromatic nitrogens is 3. The van der Waals surface area contributed by atoms with Crippen molar-refractivity contribution in [2.24, 2.45) is 5.92 Å². The van der Waals surface area contributed by atoms with E-state index in [1.165, 1.54) is 0 Å². The largest absolute Gasteiger partial charge is 0.381 e. The first-order chi connectivity index (χ1) is 8.24. The molecule has 1 aliphatic rings. The molecule has 0 N–H and O–H groups in total. The second kappa shape index (κ2) is 4.55. The third-order valence-electron chi connectivity index (χ3n) is 2.96. The number of ether oxygens (including phenoxy) is 1. The average molecular weight is 317 g/mol. The summed E-state index contributed by atoms with van der Waals surface area (Å²) in [5.74, 6) is 0.558. The lowest BCUT2D eigenvalue weighted by molar-refractivity contribution is 0.185. The van der Waals surface area contributed by atoms with Crippen LogP contribution in [0, 0.1) is 5.92 Å². The van der Waals surface area contributed by atoms with Crippen molar-refractivity contribution < 1.29 is 4.74 Å². The predicted octanol–water partition coefficient (Wildman–Crippen LogP) is 2.72.